The van der Waals surface area contributed by atoms with E-state index in [1.54, 1.807) is 11.8 Å². The van der Waals surface area contributed by atoms with Crippen LogP contribution in [0.2, 0.25) is 0 Å². The number of thioether (sulfide) groups is 1. The average Bonchev–Trinajstić information content (AvgIpc) is 2.35. The monoisotopic (exact) mass is 236 g/mol. The number of hydrogen-bond acceptors (Lipinski definition) is 3. The molecule has 3 heteroatoms. The second-order valence-electron chi connectivity index (χ2n) is 3.85. The van der Waals surface area contributed by atoms with Crippen molar-refractivity contribution in [2.75, 3.05) is 5.75 Å². The first-order chi connectivity index (χ1) is 7.81. The Balaban J connectivity index is 1.99. The van der Waals surface area contributed by atoms with Gasteiger partial charge in [-0.1, -0.05) is 18.2 Å². The molecule has 1 heterocycles. The van der Waals surface area contributed by atoms with Crippen molar-refractivity contribution in [2.24, 2.45) is 0 Å². The molecule has 2 rings (SSSR count). The van der Waals surface area contributed by atoms with Crippen LogP contribution in [0.1, 0.15) is 12.8 Å². The Morgan fingerprint density at radius 1 is 1.56 bits per heavy atom. The first-order valence-electron chi connectivity index (χ1n) is 5.48. The molecule has 0 fully saturated rings. The van der Waals surface area contributed by atoms with Gasteiger partial charge in [0.15, 0.2) is 0 Å². The smallest absolute Gasteiger partial charge is 0.134 e. The van der Waals surface area contributed by atoms with Crippen LogP contribution in [0.5, 0.6) is 5.75 Å². The molecule has 2 nitrogen and oxygen atoms in total. The first-order valence-corrected chi connectivity index (χ1v) is 6.47. The summed E-state index contributed by atoms with van der Waals surface area (Å²) in [6, 6.07) is 7.96. The molecule has 0 saturated carbocycles. The number of rotatable bonds is 4. The van der Waals surface area contributed by atoms with Gasteiger partial charge in [-0.3, -0.25) is 0 Å². The van der Waals surface area contributed by atoms with E-state index in [0.717, 1.165) is 29.2 Å². The molecular weight excluding hydrogens is 220 g/mol. The third-order valence-electron chi connectivity index (χ3n) is 2.63. The van der Waals surface area contributed by atoms with Gasteiger partial charge in [0, 0.05) is 10.6 Å². The van der Waals surface area contributed by atoms with Crippen molar-refractivity contribution in [1.29, 1.82) is 0 Å². The molecule has 86 valence electrons. The lowest BCUT2D eigenvalue weighted by atomic mass is 10.1. The van der Waals surface area contributed by atoms with Crippen LogP contribution in [0.15, 0.2) is 41.8 Å². The van der Waals surface area contributed by atoms with Gasteiger partial charge >= 0.3 is 0 Å². The van der Waals surface area contributed by atoms with Crippen molar-refractivity contribution in [3.63, 3.8) is 0 Å². The van der Waals surface area contributed by atoms with Crippen LogP contribution in [0, 0.1) is 0 Å². The summed E-state index contributed by atoms with van der Waals surface area (Å²) in [4.78, 5) is 1.16. The van der Waals surface area contributed by atoms with Crippen molar-refractivity contribution in [1.82, 2.24) is 0 Å². The minimum absolute atomic E-state index is 0.0974. The summed E-state index contributed by atoms with van der Waals surface area (Å²) >= 11 is 1.75. The standard InChI is InChI=1S/C13H16O2S/c1-2-3-6-10(14)12-9-16-13-8-5-4-7-11(13)15-12/h2,4-5,7-8,10,12,14H,1,3,6,9H2. The molecule has 1 N–H and O–H groups in total. The van der Waals surface area contributed by atoms with Crippen LogP contribution in [0.3, 0.4) is 0 Å². The van der Waals surface area contributed by atoms with Crippen LogP contribution in [-0.4, -0.2) is 23.1 Å². The number of ether oxygens (including phenoxy) is 1. The minimum Gasteiger partial charge on any atom is -0.486 e. The van der Waals surface area contributed by atoms with E-state index in [9.17, 15) is 5.11 Å². The van der Waals surface area contributed by atoms with Crippen molar-refractivity contribution in [3.8, 4) is 5.75 Å². The zero-order valence-electron chi connectivity index (χ0n) is 9.13. The van der Waals surface area contributed by atoms with Crippen LogP contribution < -0.4 is 4.74 Å². The maximum atomic E-state index is 9.94. The normalized spacial score (nSPS) is 20.7. The summed E-state index contributed by atoms with van der Waals surface area (Å²) in [7, 11) is 0. The van der Waals surface area contributed by atoms with Gasteiger partial charge in [-0.15, -0.1) is 18.3 Å². The summed E-state index contributed by atoms with van der Waals surface area (Å²) in [5.74, 6) is 1.70. The van der Waals surface area contributed by atoms with E-state index in [0.29, 0.717) is 0 Å². The largest absolute Gasteiger partial charge is 0.486 e. The Morgan fingerprint density at radius 2 is 2.38 bits per heavy atom. The van der Waals surface area contributed by atoms with Crippen LogP contribution in [-0.2, 0) is 0 Å². The van der Waals surface area contributed by atoms with E-state index in [2.05, 4.69) is 6.58 Å². The highest BCUT2D eigenvalue weighted by molar-refractivity contribution is 7.99. The molecule has 2 unspecified atom stereocenters. The summed E-state index contributed by atoms with van der Waals surface area (Å²) in [6.45, 7) is 3.66. The van der Waals surface area contributed by atoms with E-state index < -0.39 is 6.10 Å². The summed E-state index contributed by atoms with van der Waals surface area (Å²) in [5, 5.41) is 9.94. The van der Waals surface area contributed by atoms with E-state index in [-0.39, 0.29) is 6.10 Å². The molecule has 0 aromatic heterocycles. The highest BCUT2D eigenvalue weighted by Gasteiger charge is 2.25. The second kappa shape index (κ2) is 5.41. The molecule has 1 aromatic rings. The van der Waals surface area contributed by atoms with Crippen molar-refractivity contribution >= 4 is 11.8 Å². The maximum Gasteiger partial charge on any atom is 0.134 e. The first kappa shape index (κ1) is 11.6. The molecular formula is C13H16O2S. The molecule has 1 aliphatic rings. The lowest BCUT2D eigenvalue weighted by Gasteiger charge is -2.28. The zero-order valence-corrected chi connectivity index (χ0v) is 9.95. The summed E-state index contributed by atoms with van der Waals surface area (Å²) < 4.78 is 5.79. The number of aliphatic hydroxyl groups is 1. The SMILES string of the molecule is C=CCCC(O)C1CSc2ccccc2O1. The van der Waals surface area contributed by atoms with E-state index >= 15 is 0 Å². The van der Waals surface area contributed by atoms with E-state index in [4.69, 9.17) is 4.74 Å². The molecule has 0 bridgehead atoms. The molecule has 0 radical (unpaired) electrons. The fraction of sp³-hybridized carbons (Fsp3) is 0.385. The Morgan fingerprint density at radius 3 is 3.19 bits per heavy atom. The van der Waals surface area contributed by atoms with Crippen molar-refractivity contribution < 1.29 is 9.84 Å². The lowest BCUT2D eigenvalue weighted by Crippen LogP contribution is -2.35. The average molecular weight is 236 g/mol. The molecule has 0 aliphatic carbocycles. The molecule has 0 saturated heterocycles. The van der Waals surface area contributed by atoms with Gasteiger partial charge in [-0.05, 0) is 25.0 Å². The van der Waals surface area contributed by atoms with E-state index in [1.807, 2.05) is 30.3 Å². The third kappa shape index (κ3) is 2.60. The third-order valence-corrected chi connectivity index (χ3v) is 3.77. The fourth-order valence-corrected chi connectivity index (χ4v) is 2.77. The Kier molecular flexibility index (Phi) is 3.91. The summed E-state index contributed by atoms with van der Waals surface area (Å²) in [5.41, 5.74) is 0. The highest BCUT2D eigenvalue weighted by Crippen LogP contribution is 2.36. The van der Waals surface area contributed by atoms with Gasteiger partial charge in [0.1, 0.15) is 11.9 Å². The molecule has 16 heavy (non-hydrogen) atoms. The minimum atomic E-state index is -0.404. The fourth-order valence-electron chi connectivity index (χ4n) is 1.70. The van der Waals surface area contributed by atoms with Gasteiger partial charge in [0.25, 0.3) is 0 Å². The van der Waals surface area contributed by atoms with Gasteiger partial charge in [0.05, 0.1) is 6.10 Å². The van der Waals surface area contributed by atoms with Crippen LogP contribution in [0.4, 0.5) is 0 Å². The van der Waals surface area contributed by atoms with Gasteiger partial charge in [0.2, 0.25) is 0 Å². The quantitative estimate of drug-likeness (QED) is 0.815. The highest BCUT2D eigenvalue weighted by atomic mass is 32.2. The molecule has 2 atom stereocenters. The van der Waals surface area contributed by atoms with Gasteiger partial charge < -0.3 is 9.84 Å². The zero-order chi connectivity index (χ0) is 11.4. The predicted molar refractivity (Wildman–Crippen MR) is 67.0 cm³/mol. The van der Waals surface area contributed by atoms with E-state index in [1.165, 1.54) is 0 Å². The number of para-hydroxylation sites is 1. The maximum absolute atomic E-state index is 9.94. The van der Waals surface area contributed by atoms with Crippen LogP contribution in [0.25, 0.3) is 0 Å². The van der Waals surface area contributed by atoms with Crippen molar-refractivity contribution in [3.05, 3.63) is 36.9 Å². The molecule has 1 aromatic carbocycles. The number of fused-ring (bicyclic) bond motifs is 1. The molecule has 0 amide bonds. The number of aliphatic hydroxyl groups excluding tert-OH is 1. The topological polar surface area (TPSA) is 29.5 Å². The Bertz CT molecular complexity index is 365. The lowest BCUT2D eigenvalue weighted by molar-refractivity contribution is 0.0415. The Labute approximate surface area is 100 Å². The number of benzene rings is 1. The Hall–Kier alpha value is -0.930. The predicted octanol–water partition coefficient (Wildman–Crippen LogP) is 2.87. The molecule has 1 aliphatic heterocycles. The van der Waals surface area contributed by atoms with Crippen LogP contribution >= 0.6 is 11.8 Å². The van der Waals surface area contributed by atoms with Crippen molar-refractivity contribution in [2.45, 2.75) is 29.9 Å². The van der Waals surface area contributed by atoms with Gasteiger partial charge in [-0.25, -0.2) is 0 Å². The summed E-state index contributed by atoms with van der Waals surface area (Å²) in [6.07, 6.45) is 2.87. The number of hydrogen-bond donors (Lipinski definition) is 1. The van der Waals surface area contributed by atoms with Gasteiger partial charge in [-0.2, -0.15) is 0 Å². The molecule has 0 spiro atoms. The number of allylic oxidation sites excluding steroid dienone is 1. The second-order valence-corrected chi connectivity index (χ2v) is 4.91.